The van der Waals surface area contributed by atoms with Crippen LogP contribution >= 0.6 is 0 Å². The standard InChI is InChI=1S/C33H40FN3O4S/c1-3-30(33(39)35-27-14-8-5-9-15-27)36(23-22-26-12-6-4-7-13-26)32(38)24-37(31-17-11-10-16-29(31)34)42(40,41)28-20-18-25(2)19-21-28/h4,6-7,10-13,16-21,27,30H,3,5,8-9,14-15,22-24H2,1-2H3,(H,35,39)/t30-/m1/s1. The minimum absolute atomic E-state index is 0.0536. The van der Waals surface area contributed by atoms with Crippen LogP contribution in [0, 0.1) is 12.7 Å². The minimum Gasteiger partial charge on any atom is -0.352 e. The van der Waals surface area contributed by atoms with Gasteiger partial charge in [-0.2, -0.15) is 0 Å². The van der Waals surface area contributed by atoms with Crippen molar-refractivity contribution in [1.82, 2.24) is 10.2 Å². The van der Waals surface area contributed by atoms with E-state index in [4.69, 9.17) is 0 Å². The Hall–Kier alpha value is -3.72. The number of hydrogen-bond donors (Lipinski definition) is 1. The second-order valence-electron chi connectivity index (χ2n) is 10.9. The number of anilines is 1. The van der Waals surface area contributed by atoms with E-state index in [0.717, 1.165) is 53.6 Å². The lowest BCUT2D eigenvalue weighted by Crippen LogP contribution is -2.54. The maximum absolute atomic E-state index is 15.1. The van der Waals surface area contributed by atoms with Crippen molar-refractivity contribution in [3.05, 3.63) is 95.8 Å². The number of rotatable bonds is 12. The predicted molar refractivity (Wildman–Crippen MR) is 163 cm³/mol. The van der Waals surface area contributed by atoms with Crippen molar-refractivity contribution in [2.75, 3.05) is 17.4 Å². The van der Waals surface area contributed by atoms with Crippen LogP contribution in [-0.4, -0.2) is 50.3 Å². The highest BCUT2D eigenvalue weighted by Gasteiger charge is 2.35. The molecule has 0 heterocycles. The number of sulfonamides is 1. The van der Waals surface area contributed by atoms with Crippen LogP contribution in [0.1, 0.15) is 56.6 Å². The van der Waals surface area contributed by atoms with Gasteiger partial charge in [0.2, 0.25) is 11.8 Å². The van der Waals surface area contributed by atoms with E-state index >= 15 is 4.39 Å². The number of nitrogens with zero attached hydrogens (tertiary/aromatic N) is 2. The summed E-state index contributed by atoms with van der Waals surface area (Å²) in [7, 11) is -4.32. The first-order chi connectivity index (χ1) is 20.2. The number of aryl methyl sites for hydroxylation is 1. The van der Waals surface area contributed by atoms with Crippen molar-refractivity contribution in [3.8, 4) is 0 Å². The summed E-state index contributed by atoms with van der Waals surface area (Å²) in [5.74, 6) is -1.58. The molecule has 0 bridgehead atoms. The van der Waals surface area contributed by atoms with E-state index in [1.54, 1.807) is 12.1 Å². The van der Waals surface area contributed by atoms with Crippen molar-refractivity contribution < 1.29 is 22.4 Å². The van der Waals surface area contributed by atoms with Gasteiger partial charge in [-0.1, -0.05) is 86.3 Å². The Kier molecular flexibility index (Phi) is 10.7. The van der Waals surface area contributed by atoms with Crippen LogP contribution in [0.2, 0.25) is 0 Å². The van der Waals surface area contributed by atoms with Gasteiger partial charge in [-0.05, 0) is 62.4 Å². The summed E-state index contributed by atoms with van der Waals surface area (Å²) in [6.45, 7) is 3.22. The molecule has 1 atom stereocenters. The Morgan fingerprint density at radius 3 is 2.21 bits per heavy atom. The first-order valence-electron chi connectivity index (χ1n) is 14.7. The van der Waals surface area contributed by atoms with Crippen LogP contribution in [-0.2, 0) is 26.0 Å². The molecule has 4 rings (SSSR count). The second-order valence-corrected chi connectivity index (χ2v) is 12.7. The number of para-hydroxylation sites is 1. The van der Waals surface area contributed by atoms with Gasteiger partial charge in [0.15, 0.2) is 0 Å². The number of amides is 2. The average molecular weight is 594 g/mol. The monoisotopic (exact) mass is 593 g/mol. The summed E-state index contributed by atoms with van der Waals surface area (Å²) >= 11 is 0. The number of halogens is 1. The molecule has 1 aliphatic rings. The van der Waals surface area contributed by atoms with Crippen molar-refractivity contribution >= 4 is 27.5 Å². The Morgan fingerprint density at radius 1 is 0.929 bits per heavy atom. The third kappa shape index (κ3) is 7.76. The molecule has 1 fully saturated rings. The molecule has 224 valence electrons. The molecule has 1 N–H and O–H groups in total. The van der Waals surface area contributed by atoms with Gasteiger partial charge < -0.3 is 10.2 Å². The van der Waals surface area contributed by atoms with Gasteiger partial charge >= 0.3 is 0 Å². The number of benzene rings is 3. The quantitative estimate of drug-likeness (QED) is 0.295. The third-order valence-electron chi connectivity index (χ3n) is 7.83. The van der Waals surface area contributed by atoms with Crippen LogP contribution in [0.4, 0.5) is 10.1 Å². The molecule has 7 nitrogen and oxygen atoms in total. The van der Waals surface area contributed by atoms with E-state index in [2.05, 4.69) is 5.32 Å². The van der Waals surface area contributed by atoms with E-state index in [0.29, 0.717) is 12.8 Å². The molecule has 0 spiro atoms. The topological polar surface area (TPSA) is 86.8 Å². The lowest BCUT2D eigenvalue weighted by Gasteiger charge is -2.34. The van der Waals surface area contributed by atoms with E-state index in [1.807, 2.05) is 44.2 Å². The van der Waals surface area contributed by atoms with Crippen molar-refractivity contribution in [2.45, 2.75) is 75.8 Å². The van der Waals surface area contributed by atoms with E-state index in [-0.39, 0.29) is 29.1 Å². The Morgan fingerprint density at radius 2 is 1.57 bits per heavy atom. The lowest BCUT2D eigenvalue weighted by atomic mass is 9.95. The van der Waals surface area contributed by atoms with Crippen molar-refractivity contribution in [1.29, 1.82) is 0 Å². The predicted octanol–water partition coefficient (Wildman–Crippen LogP) is 5.63. The molecule has 0 radical (unpaired) electrons. The molecule has 0 aliphatic heterocycles. The highest BCUT2D eigenvalue weighted by molar-refractivity contribution is 7.92. The first kappa shape index (κ1) is 31.2. The molecule has 3 aromatic carbocycles. The van der Waals surface area contributed by atoms with Crippen LogP contribution in [0.5, 0.6) is 0 Å². The Balaban J connectivity index is 1.67. The molecule has 0 saturated heterocycles. The van der Waals surface area contributed by atoms with Gasteiger partial charge in [0.1, 0.15) is 18.4 Å². The molecule has 3 aromatic rings. The maximum atomic E-state index is 15.1. The largest absolute Gasteiger partial charge is 0.352 e. The smallest absolute Gasteiger partial charge is 0.264 e. The highest BCUT2D eigenvalue weighted by atomic mass is 32.2. The van der Waals surface area contributed by atoms with E-state index in [9.17, 15) is 18.0 Å². The summed E-state index contributed by atoms with van der Waals surface area (Å²) in [6.07, 6.45) is 5.87. The summed E-state index contributed by atoms with van der Waals surface area (Å²) in [5.41, 5.74) is 1.62. The van der Waals surface area contributed by atoms with E-state index < -0.39 is 34.3 Å². The Bertz CT molecular complexity index is 1440. The fourth-order valence-corrected chi connectivity index (χ4v) is 6.87. The molecule has 1 saturated carbocycles. The molecule has 1 aliphatic carbocycles. The zero-order valence-corrected chi connectivity index (χ0v) is 25.2. The average Bonchev–Trinajstić information content (AvgIpc) is 2.99. The fourth-order valence-electron chi connectivity index (χ4n) is 5.44. The molecular formula is C33H40FN3O4S. The van der Waals surface area contributed by atoms with Gasteiger partial charge in [0.25, 0.3) is 10.0 Å². The summed E-state index contributed by atoms with van der Waals surface area (Å²) < 4.78 is 43.7. The SMILES string of the molecule is CC[C@H](C(=O)NC1CCCCC1)N(CCc1ccccc1)C(=O)CN(c1ccccc1F)S(=O)(=O)c1ccc(C)cc1. The normalized spacial score (nSPS) is 14.6. The zero-order chi connectivity index (χ0) is 30.1. The fraction of sp³-hybridized carbons (Fsp3) is 0.394. The lowest BCUT2D eigenvalue weighted by molar-refractivity contribution is -0.140. The number of carbonyl (C=O) groups is 2. The molecule has 2 amide bonds. The van der Waals surface area contributed by atoms with Gasteiger partial charge in [-0.3, -0.25) is 13.9 Å². The van der Waals surface area contributed by atoms with E-state index in [1.165, 1.54) is 35.2 Å². The third-order valence-corrected chi connectivity index (χ3v) is 9.60. The molecule has 42 heavy (non-hydrogen) atoms. The molecule has 0 unspecified atom stereocenters. The molecule has 0 aromatic heterocycles. The Labute approximate surface area is 248 Å². The number of nitrogens with one attached hydrogen (secondary N) is 1. The number of hydrogen-bond acceptors (Lipinski definition) is 4. The van der Waals surface area contributed by atoms with Gasteiger partial charge in [0, 0.05) is 12.6 Å². The van der Waals surface area contributed by atoms with Crippen LogP contribution in [0.15, 0.2) is 83.8 Å². The van der Waals surface area contributed by atoms with Crippen molar-refractivity contribution in [2.24, 2.45) is 0 Å². The van der Waals surface area contributed by atoms with Crippen molar-refractivity contribution in [3.63, 3.8) is 0 Å². The highest BCUT2D eigenvalue weighted by Crippen LogP contribution is 2.27. The van der Waals surface area contributed by atoms with Crippen LogP contribution in [0.3, 0.4) is 0 Å². The van der Waals surface area contributed by atoms with Gasteiger partial charge in [-0.15, -0.1) is 0 Å². The van der Waals surface area contributed by atoms with Gasteiger partial charge in [-0.25, -0.2) is 12.8 Å². The first-order valence-corrected chi connectivity index (χ1v) is 16.1. The zero-order valence-electron chi connectivity index (χ0n) is 24.3. The molecular weight excluding hydrogens is 553 g/mol. The summed E-state index contributed by atoms with van der Waals surface area (Å²) in [6, 6.07) is 20.6. The maximum Gasteiger partial charge on any atom is 0.264 e. The summed E-state index contributed by atoms with van der Waals surface area (Å²) in [4.78, 5) is 29.1. The van der Waals surface area contributed by atoms with Gasteiger partial charge in [0.05, 0.1) is 10.6 Å². The second kappa shape index (κ2) is 14.4. The number of carbonyl (C=O) groups excluding carboxylic acids is 2. The minimum atomic E-state index is -4.32. The van der Waals surface area contributed by atoms with Crippen LogP contribution < -0.4 is 9.62 Å². The molecule has 9 heteroatoms. The van der Waals surface area contributed by atoms with Crippen LogP contribution in [0.25, 0.3) is 0 Å². The summed E-state index contributed by atoms with van der Waals surface area (Å²) in [5, 5.41) is 3.13.